The number of azide groups is 1. The largest absolute Gasteiger partial charge is 0.399 e. The minimum absolute atomic E-state index is 0.0662. The number of nitrogens with two attached hydrogens (primary N) is 2. The lowest BCUT2D eigenvalue weighted by atomic mass is 10.0. The molecule has 0 radical (unpaired) electrons. The SMILES string of the molecule is CC(CN=[N+]=[N-])CN(C[C@@H](O)[C@@H](N)Cc1ccccc1)S(=O)(=O)c1ccc(N)cc1. The van der Waals surface area contributed by atoms with Crippen LogP contribution in [-0.2, 0) is 16.4 Å². The van der Waals surface area contributed by atoms with Crippen molar-refractivity contribution in [2.24, 2.45) is 16.8 Å². The molecule has 0 bridgehead atoms. The number of nitrogens with zero attached hydrogens (tertiary/aromatic N) is 4. The minimum Gasteiger partial charge on any atom is -0.399 e. The van der Waals surface area contributed by atoms with Crippen LogP contribution in [-0.4, -0.2) is 49.6 Å². The molecule has 0 fully saturated rings. The summed E-state index contributed by atoms with van der Waals surface area (Å²) < 4.78 is 27.6. The number of hydrogen-bond donors (Lipinski definition) is 3. The molecule has 2 aromatic carbocycles. The summed E-state index contributed by atoms with van der Waals surface area (Å²) in [6.45, 7) is 1.80. The van der Waals surface area contributed by atoms with Gasteiger partial charge in [-0.3, -0.25) is 0 Å². The van der Waals surface area contributed by atoms with E-state index >= 15 is 0 Å². The van der Waals surface area contributed by atoms with E-state index in [1.807, 2.05) is 30.3 Å². The average molecular weight is 433 g/mol. The predicted octanol–water partition coefficient (Wildman–Crippen LogP) is 2.14. The van der Waals surface area contributed by atoms with Crippen LogP contribution in [0, 0.1) is 5.92 Å². The van der Waals surface area contributed by atoms with Gasteiger partial charge in [-0.15, -0.1) is 0 Å². The Morgan fingerprint density at radius 1 is 1.13 bits per heavy atom. The van der Waals surface area contributed by atoms with Crippen molar-refractivity contribution in [2.75, 3.05) is 25.4 Å². The van der Waals surface area contributed by atoms with E-state index in [1.165, 1.54) is 28.6 Å². The van der Waals surface area contributed by atoms with Gasteiger partial charge in [-0.25, -0.2) is 8.42 Å². The van der Waals surface area contributed by atoms with Gasteiger partial charge in [-0.1, -0.05) is 42.4 Å². The van der Waals surface area contributed by atoms with Gasteiger partial charge in [0.2, 0.25) is 10.0 Å². The summed E-state index contributed by atoms with van der Waals surface area (Å²) in [5.41, 5.74) is 21.7. The molecule has 10 heteroatoms. The minimum atomic E-state index is -3.91. The van der Waals surface area contributed by atoms with Crippen LogP contribution in [0.2, 0.25) is 0 Å². The maximum atomic E-state index is 13.2. The van der Waals surface area contributed by atoms with Crippen molar-refractivity contribution in [1.82, 2.24) is 4.31 Å². The zero-order valence-corrected chi connectivity index (χ0v) is 17.7. The number of rotatable bonds is 11. The van der Waals surface area contributed by atoms with E-state index in [1.54, 1.807) is 6.92 Å². The van der Waals surface area contributed by atoms with E-state index in [-0.39, 0.29) is 30.4 Å². The molecule has 0 amide bonds. The summed E-state index contributed by atoms with van der Waals surface area (Å²) >= 11 is 0. The predicted molar refractivity (Wildman–Crippen MR) is 117 cm³/mol. The molecule has 9 nitrogen and oxygen atoms in total. The van der Waals surface area contributed by atoms with Crippen molar-refractivity contribution in [2.45, 2.75) is 30.4 Å². The molecule has 0 saturated carbocycles. The highest BCUT2D eigenvalue weighted by molar-refractivity contribution is 7.89. The van der Waals surface area contributed by atoms with Crippen molar-refractivity contribution in [3.05, 3.63) is 70.6 Å². The first kappa shape index (κ1) is 23.7. The number of aliphatic hydroxyl groups is 1. The first-order valence-electron chi connectivity index (χ1n) is 9.58. The second kappa shape index (κ2) is 11.0. The van der Waals surface area contributed by atoms with Crippen molar-refractivity contribution >= 4 is 15.7 Å². The van der Waals surface area contributed by atoms with Crippen molar-refractivity contribution in [1.29, 1.82) is 0 Å². The lowest BCUT2D eigenvalue weighted by Crippen LogP contribution is -2.47. The first-order valence-corrected chi connectivity index (χ1v) is 11.0. The van der Waals surface area contributed by atoms with Crippen molar-refractivity contribution in [3.63, 3.8) is 0 Å². The van der Waals surface area contributed by atoms with Gasteiger partial charge in [0.1, 0.15) is 0 Å². The normalized spacial score (nSPS) is 14.7. The second-order valence-electron chi connectivity index (χ2n) is 7.33. The number of aliphatic hydroxyl groups excluding tert-OH is 1. The smallest absolute Gasteiger partial charge is 0.243 e. The summed E-state index contributed by atoms with van der Waals surface area (Å²) in [7, 11) is -3.91. The summed E-state index contributed by atoms with van der Waals surface area (Å²) in [6, 6.07) is 14.7. The van der Waals surface area contributed by atoms with Gasteiger partial charge >= 0.3 is 0 Å². The van der Waals surface area contributed by atoms with Crippen molar-refractivity contribution < 1.29 is 13.5 Å². The van der Waals surface area contributed by atoms with Crippen LogP contribution in [0.25, 0.3) is 10.4 Å². The molecule has 30 heavy (non-hydrogen) atoms. The topological polar surface area (TPSA) is 158 Å². The van der Waals surface area contributed by atoms with Gasteiger partial charge in [-0.05, 0) is 47.7 Å². The Morgan fingerprint density at radius 3 is 2.37 bits per heavy atom. The fourth-order valence-corrected chi connectivity index (χ4v) is 4.59. The van der Waals surface area contributed by atoms with Gasteiger partial charge in [0.05, 0.1) is 11.0 Å². The molecule has 0 heterocycles. The van der Waals surface area contributed by atoms with Crippen LogP contribution in [0.4, 0.5) is 5.69 Å². The Labute approximate surface area is 177 Å². The lowest BCUT2D eigenvalue weighted by Gasteiger charge is -2.29. The van der Waals surface area contributed by atoms with Crippen LogP contribution in [0.1, 0.15) is 12.5 Å². The van der Waals surface area contributed by atoms with Gasteiger partial charge < -0.3 is 16.6 Å². The number of anilines is 1. The van der Waals surface area contributed by atoms with Gasteiger partial charge in [-0.2, -0.15) is 4.31 Å². The highest BCUT2D eigenvalue weighted by atomic mass is 32.2. The summed E-state index contributed by atoms with van der Waals surface area (Å²) in [5, 5.41) is 14.2. The fourth-order valence-electron chi connectivity index (χ4n) is 3.01. The Balaban J connectivity index is 2.21. The van der Waals surface area contributed by atoms with Gasteiger partial charge in [0.25, 0.3) is 0 Å². The Bertz CT molecular complexity index is 946. The molecule has 1 unspecified atom stereocenters. The van der Waals surface area contributed by atoms with Crippen molar-refractivity contribution in [3.8, 4) is 0 Å². The van der Waals surface area contributed by atoms with Crippen LogP contribution in [0.5, 0.6) is 0 Å². The lowest BCUT2D eigenvalue weighted by molar-refractivity contribution is 0.115. The number of nitrogen functional groups attached to an aromatic ring is 1. The van der Waals surface area contributed by atoms with E-state index in [2.05, 4.69) is 10.0 Å². The molecule has 0 aliphatic rings. The highest BCUT2D eigenvalue weighted by Crippen LogP contribution is 2.20. The van der Waals surface area contributed by atoms with Crippen LogP contribution in [0.15, 0.2) is 64.6 Å². The molecule has 3 atom stereocenters. The van der Waals surface area contributed by atoms with E-state index in [0.717, 1.165) is 5.56 Å². The molecule has 0 saturated heterocycles. The standard InChI is InChI=1S/C20H28N6O3S/c1-15(12-24-25-23)13-26(30(28,29)18-9-7-17(21)8-10-18)14-20(27)19(22)11-16-5-3-2-4-6-16/h2-10,15,19-20,27H,11-14,21-22H2,1H3/t15?,19-,20+/m0/s1. The molecule has 2 rings (SSSR count). The first-order chi connectivity index (χ1) is 14.2. The van der Waals surface area contributed by atoms with Gasteiger partial charge in [0, 0.05) is 36.3 Å². The molecular formula is C20H28N6O3S. The molecule has 0 aliphatic heterocycles. The Hall–Kier alpha value is -2.62. The fraction of sp³-hybridized carbons (Fsp3) is 0.400. The quantitative estimate of drug-likeness (QED) is 0.214. The maximum absolute atomic E-state index is 13.2. The van der Waals surface area contributed by atoms with Crippen LogP contribution < -0.4 is 11.5 Å². The third kappa shape index (κ3) is 6.72. The molecule has 162 valence electrons. The molecule has 5 N–H and O–H groups in total. The highest BCUT2D eigenvalue weighted by Gasteiger charge is 2.30. The Kier molecular flexibility index (Phi) is 8.64. The second-order valence-corrected chi connectivity index (χ2v) is 9.27. The van der Waals surface area contributed by atoms with E-state index in [9.17, 15) is 13.5 Å². The number of sulfonamides is 1. The number of benzene rings is 2. The molecular weight excluding hydrogens is 404 g/mol. The third-order valence-electron chi connectivity index (χ3n) is 4.69. The molecule has 0 spiro atoms. The Morgan fingerprint density at radius 2 is 1.77 bits per heavy atom. The van der Waals surface area contributed by atoms with Crippen LogP contribution in [0.3, 0.4) is 0 Å². The van der Waals surface area contributed by atoms with Crippen LogP contribution >= 0.6 is 0 Å². The van der Waals surface area contributed by atoms with E-state index in [4.69, 9.17) is 17.0 Å². The summed E-state index contributed by atoms with van der Waals surface area (Å²) in [5.74, 6) is -0.248. The third-order valence-corrected chi connectivity index (χ3v) is 6.53. The van der Waals surface area contributed by atoms with E-state index < -0.39 is 22.2 Å². The molecule has 2 aromatic rings. The zero-order chi connectivity index (χ0) is 22.1. The van der Waals surface area contributed by atoms with Gasteiger partial charge in [0.15, 0.2) is 0 Å². The molecule has 0 aromatic heterocycles. The summed E-state index contributed by atoms with van der Waals surface area (Å²) in [4.78, 5) is 2.79. The zero-order valence-electron chi connectivity index (χ0n) is 16.9. The average Bonchev–Trinajstić information content (AvgIpc) is 2.72. The molecule has 0 aliphatic carbocycles. The van der Waals surface area contributed by atoms with E-state index in [0.29, 0.717) is 12.1 Å². The maximum Gasteiger partial charge on any atom is 0.243 e. The monoisotopic (exact) mass is 432 g/mol. The number of hydrogen-bond acceptors (Lipinski definition) is 6. The summed E-state index contributed by atoms with van der Waals surface area (Å²) in [6.07, 6.45) is -0.674.